The molecule has 182 valence electrons. The minimum absolute atomic E-state index is 0.115. The summed E-state index contributed by atoms with van der Waals surface area (Å²) in [5.41, 5.74) is 3.08. The fourth-order valence-corrected chi connectivity index (χ4v) is 5.39. The van der Waals surface area contributed by atoms with Crippen molar-refractivity contribution >= 4 is 35.3 Å². The Morgan fingerprint density at radius 3 is 2.64 bits per heavy atom. The van der Waals surface area contributed by atoms with Gasteiger partial charge >= 0.3 is 12.1 Å². The number of hydrogen-bond donors (Lipinski definition) is 1. The molecule has 1 aromatic heterocycles. The second-order valence-corrected chi connectivity index (χ2v) is 9.74. The van der Waals surface area contributed by atoms with Gasteiger partial charge in [-0.15, -0.1) is 0 Å². The number of pyridine rings is 1. The Labute approximate surface area is 213 Å². The van der Waals surface area contributed by atoms with Gasteiger partial charge in [0.05, 0.1) is 17.9 Å². The third-order valence-corrected chi connectivity index (χ3v) is 7.34. The number of benzene rings is 2. The molecule has 3 atom stereocenters. The quantitative estimate of drug-likeness (QED) is 0.535. The van der Waals surface area contributed by atoms with E-state index in [-0.39, 0.29) is 36.5 Å². The molecule has 1 N–H and O–H groups in total. The van der Waals surface area contributed by atoms with E-state index in [0.29, 0.717) is 29.5 Å². The summed E-state index contributed by atoms with van der Waals surface area (Å²) in [7, 11) is 0. The maximum absolute atomic E-state index is 13.3. The number of urea groups is 2. The molecule has 2 aliphatic heterocycles. The number of amides is 5. The lowest BCUT2D eigenvalue weighted by atomic mass is 10.1. The van der Waals surface area contributed by atoms with Gasteiger partial charge in [-0.05, 0) is 36.2 Å². The highest BCUT2D eigenvalue weighted by Crippen LogP contribution is 2.46. The van der Waals surface area contributed by atoms with E-state index in [1.165, 1.54) is 4.90 Å². The predicted octanol–water partition coefficient (Wildman–Crippen LogP) is 4.44. The molecule has 36 heavy (non-hydrogen) atoms. The van der Waals surface area contributed by atoms with Gasteiger partial charge in [0.2, 0.25) is 0 Å². The summed E-state index contributed by atoms with van der Waals surface area (Å²) in [6.07, 6.45) is 2.43. The van der Waals surface area contributed by atoms with Crippen molar-refractivity contribution < 1.29 is 14.4 Å². The first-order chi connectivity index (χ1) is 17.5. The average molecular weight is 502 g/mol. The van der Waals surface area contributed by atoms with Crippen molar-refractivity contribution in [3.05, 3.63) is 83.5 Å². The summed E-state index contributed by atoms with van der Waals surface area (Å²) >= 11 is 6.14. The Morgan fingerprint density at radius 2 is 1.83 bits per heavy atom. The number of anilines is 1. The van der Waals surface area contributed by atoms with Crippen LogP contribution in [0.15, 0.2) is 72.9 Å². The zero-order valence-corrected chi connectivity index (χ0v) is 20.1. The average Bonchev–Trinajstić information content (AvgIpc) is 3.65. The highest BCUT2D eigenvalue weighted by molar-refractivity contribution is 6.30. The van der Waals surface area contributed by atoms with E-state index in [4.69, 9.17) is 11.6 Å². The first-order valence-corrected chi connectivity index (χ1v) is 12.3. The number of fused-ring (bicyclic) bond motifs is 1. The van der Waals surface area contributed by atoms with Gasteiger partial charge in [0.25, 0.3) is 5.91 Å². The zero-order chi connectivity index (χ0) is 24.8. The molecule has 9 heteroatoms. The molecule has 1 saturated carbocycles. The molecule has 0 spiro atoms. The van der Waals surface area contributed by atoms with E-state index in [9.17, 15) is 14.4 Å². The summed E-state index contributed by atoms with van der Waals surface area (Å²) in [5.74, 6) is -0.0442. The number of aromatic nitrogens is 1. The fourth-order valence-electron chi connectivity index (χ4n) is 5.20. The Balaban J connectivity index is 1.15. The third-order valence-electron chi connectivity index (χ3n) is 7.11. The van der Waals surface area contributed by atoms with Gasteiger partial charge in [-0.1, -0.05) is 54.1 Å². The van der Waals surface area contributed by atoms with E-state index in [2.05, 4.69) is 10.3 Å². The van der Waals surface area contributed by atoms with Crippen molar-refractivity contribution in [1.29, 1.82) is 0 Å². The minimum Gasteiger partial charge on any atom is -0.320 e. The number of piperazine rings is 1. The summed E-state index contributed by atoms with van der Waals surface area (Å²) in [6.45, 7) is 0.813. The molecule has 6 rings (SSSR count). The van der Waals surface area contributed by atoms with Gasteiger partial charge in [0.1, 0.15) is 6.04 Å². The van der Waals surface area contributed by atoms with E-state index in [1.54, 1.807) is 40.3 Å². The van der Waals surface area contributed by atoms with Gasteiger partial charge in [0.15, 0.2) is 0 Å². The van der Waals surface area contributed by atoms with Crippen LogP contribution in [0.4, 0.5) is 15.3 Å². The Morgan fingerprint density at radius 1 is 1.00 bits per heavy atom. The summed E-state index contributed by atoms with van der Waals surface area (Å²) in [4.78, 5) is 48.6. The van der Waals surface area contributed by atoms with E-state index in [1.807, 2.05) is 42.5 Å². The number of nitrogens with zero attached hydrogens (tertiary/aromatic N) is 4. The minimum atomic E-state index is -0.657. The van der Waals surface area contributed by atoms with Crippen molar-refractivity contribution in [2.24, 2.45) is 0 Å². The monoisotopic (exact) mass is 501 g/mol. The molecule has 2 saturated heterocycles. The number of hydrogen-bond acceptors (Lipinski definition) is 4. The Hall–Kier alpha value is -3.91. The van der Waals surface area contributed by atoms with Gasteiger partial charge in [0, 0.05) is 41.8 Å². The zero-order valence-electron chi connectivity index (χ0n) is 19.4. The standard InChI is InChI=1S/C27H24ClN5O3/c28-19-9-4-8-18(14-19)24-21(10-5-11-29-24)30-26(35)31-12-13-32-23(16-31)25(34)33(27(32)36)22-15-20(22)17-6-2-1-3-7-17/h1-11,14,20,22-23H,12-13,15-16H2,(H,30,35)/t20-,22+,23+/m1/s1. The van der Waals surface area contributed by atoms with Gasteiger partial charge in [-0.3, -0.25) is 14.7 Å². The third kappa shape index (κ3) is 3.97. The number of nitrogens with one attached hydrogen (secondary N) is 1. The first-order valence-electron chi connectivity index (χ1n) is 12.0. The van der Waals surface area contributed by atoms with Crippen LogP contribution in [0.2, 0.25) is 5.02 Å². The van der Waals surface area contributed by atoms with Crippen LogP contribution < -0.4 is 5.32 Å². The Kier molecular flexibility index (Phi) is 5.60. The molecule has 0 bridgehead atoms. The largest absolute Gasteiger partial charge is 0.327 e. The topological polar surface area (TPSA) is 85.8 Å². The first kappa shape index (κ1) is 22.5. The molecule has 8 nitrogen and oxygen atoms in total. The van der Waals surface area contributed by atoms with Crippen LogP contribution in [0.3, 0.4) is 0 Å². The van der Waals surface area contributed by atoms with Crippen LogP contribution in [0.1, 0.15) is 17.9 Å². The van der Waals surface area contributed by atoms with E-state index >= 15 is 0 Å². The maximum atomic E-state index is 13.3. The van der Waals surface area contributed by atoms with Crippen molar-refractivity contribution in [1.82, 2.24) is 19.7 Å². The van der Waals surface area contributed by atoms with Crippen LogP contribution in [0, 0.1) is 0 Å². The van der Waals surface area contributed by atoms with E-state index in [0.717, 1.165) is 17.5 Å². The molecular weight excluding hydrogens is 478 g/mol. The number of halogens is 1. The highest BCUT2D eigenvalue weighted by atomic mass is 35.5. The van der Waals surface area contributed by atoms with Crippen molar-refractivity contribution in [2.75, 3.05) is 25.0 Å². The molecule has 0 radical (unpaired) electrons. The normalized spacial score (nSPS) is 23.0. The van der Waals surface area contributed by atoms with Crippen molar-refractivity contribution in [3.8, 4) is 11.3 Å². The lowest BCUT2D eigenvalue weighted by molar-refractivity contribution is -0.129. The van der Waals surface area contributed by atoms with Gasteiger partial charge < -0.3 is 15.1 Å². The van der Waals surface area contributed by atoms with Gasteiger partial charge in [-0.2, -0.15) is 0 Å². The van der Waals surface area contributed by atoms with Crippen molar-refractivity contribution in [3.63, 3.8) is 0 Å². The molecule has 3 aliphatic rings. The smallest absolute Gasteiger partial charge is 0.320 e. The van der Waals surface area contributed by atoms with Gasteiger partial charge in [-0.25, -0.2) is 9.59 Å². The van der Waals surface area contributed by atoms with E-state index < -0.39 is 6.04 Å². The fraction of sp³-hybridized carbons (Fsp3) is 0.259. The second-order valence-electron chi connectivity index (χ2n) is 9.31. The molecule has 2 aromatic carbocycles. The van der Waals surface area contributed by atoms with Crippen LogP contribution in [-0.4, -0.2) is 69.4 Å². The molecule has 0 unspecified atom stereocenters. The summed E-state index contributed by atoms with van der Waals surface area (Å²) < 4.78 is 0. The number of imide groups is 1. The molecule has 3 aromatic rings. The number of rotatable bonds is 4. The lowest BCUT2D eigenvalue weighted by Gasteiger charge is -2.35. The summed E-state index contributed by atoms with van der Waals surface area (Å²) in [6, 6.07) is 19.4. The maximum Gasteiger partial charge on any atom is 0.327 e. The molecular formula is C27H24ClN5O3. The van der Waals surface area contributed by atoms with Crippen LogP contribution in [0.25, 0.3) is 11.3 Å². The molecule has 1 aliphatic carbocycles. The SMILES string of the molecule is O=C(Nc1cccnc1-c1cccc(Cl)c1)N1CCN2C(=O)N([C@H]3C[C@@H]3c3ccccc3)C(=O)[C@@H]2C1. The van der Waals surface area contributed by atoms with Crippen LogP contribution in [0.5, 0.6) is 0 Å². The van der Waals surface area contributed by atoms with Crippen LogP contribution >= 0.6 is 11.6 Å². The second kappa shape index (κ2) is 8.95. The predicted molar refractivity (Wildman–Crippen MR) is 136 cm³/mol. The lowest BCUT2D eigenvalue weighted by Crippen LogP contribution is -2.55. The Bertz CT molecular complexity index is 1350. The molecule has 3 heterocycles. The van der Waals surface area contributed by atoms with Crippen LogP contribution in [-0.2, 0) is 4.79 Å². The molecule has 5 amide bonds. The molecule has 3 fully saturated rings. The number of carbonyl (C=O) groups excluding carboxylic acids is 3. The van der Waals surface area contributed by atoms with Crippen molar-refractivity contribution in [2.45, 2.75) is 24.4 Å². The number of carbonyl (C=O) groups is 3. The summed E-state index contributed by atoms with van der Waals surface area (Å²) in [5, 5.41) is 3.51. The highest BCUT2D eigenvalue weighted by Gasteiger charge is 2.56.